The summed E-state index contributed by atoms with van der Waals surface area (Å²) in [6, 6.07) is 9.91. The van der Waals surface area contributed by atoms with Crippen molar-refractivity contribution in [2.75, 3.05) is 37.7 Å². The van der Waals surface area contributed by atoms with Crippen LogP contribution < -0.4 is 9.64 Å². The van der Waals surface area contributed by atoms with Crippen molar-refractivity contribution in [2.45, 2.75) is 19.5 Å². The monoisotopic (exact) mass is 393 g/mol. The van der Waals surface area contributed by atoms with Crippen LogP contribution in [0.5, 0.6) is 5.75 Å². The SMILES string of the molecule is Cc1cccc(OCC(=O)N2CCCN(c3ccc(C(F)(F)F)cn3)CC2)c1. The van der Waals surface area contributed by atoms with Crippen LogP contribution in [-0.2, 0) is 11.0 Å². The van der Waals surface area contributed by atoms with E-state index in [1.54, 1.807) is 11.0 Å². The molecule has 1 amide bonds. The smallest absolute Gasteiger partial charge is 0.417 e. The zero-order valence-electron chi connectivity index (χ0n) is 15.6. The number of rotatable bonds is 4. The van der Waals surface area contributed by atoms with E-state index in [1.165, 1.54) is 6.07 Å². The average molecular weight is 393 g/mol. The molecule has 150 valence electrons. The molecular weight excluding hydrogens is 371 g/mol. The van der Waals surface area contributed by atoms with Crippen LogP contribution in [0.15, 0.2) is 42.6 Å². The Bertz CT molecular complexity index is 809. The van der Waals surface area contributed by atoms with Crippen LogP contribution in [0.1, 0.15) is 17.5 Å². The number of carbonyl (C=O) groups is 1. The molecule has 1 fully saturated rings. The zero-order valence-corrected chi connectivity index (χ0v) is 15.6. The van der Waals surface area contributed by atoms with Crippen LogP contribution in [0.4, 0.5) is 19.0 Å². The van der Waals surface area contributed by atoms with Crippen LogP contribution in [0.25, 0.3) is 0 Å². The molecule has 2 aromatic rings. The Morgan fingerprint density at radius 2 is 1.96 bits per heavy atom. The van der Waals surface area contributed by atoms with Crippen molar-refractivity contribution in [1.82, 2.24) is 9.88 Å². The molecular formula is C20H22F3N3O2. The molecule has 8 heteroatoms. The number of halogens is 3. The number of carbonyl (C=O) groups excluding carboxylic acids is 1. The highest BCUT2D eigenvalue weighted by molar-refractivity contribution is 5.77. The molecule has 1 aromatic heterocycles. The van der Waals surface area contributed by atoms with Crippen LogP contribution in [-0.4, -0.2) is 48.6 Å². The summed E-state index contributed by atoms with van der Waals surface area (Å²) in [5.41, 5.74) is 0.288. The summed E-state index contributed by atoms with van der Waals surface area (Å²) >= 11 is 0. The van der Waals surface area contributed by atoms with Crippen molar-refractivity contribution in [3.63, 3.8) is 0 Å². The molecule has 0 radical (unpaired) electrons. The summed E-state index contributed by atoms with van der Waals surface area (Å²) in [5, 5.41) is 0. The predicted octanol–water partition coefficient (Wildman–Crippen LogP) is 3.53. The summed E-state index contributed by atoms with van der Waals surface area (Å²) in [4.78, 5) is 20.0. The Morgan fingerprint density at radius 3 is 2.64 bits per heavy atom. The third kappa shape index (κ3) is 5.15. The van der Waals surface area contributed by atoms with Crippen LogP contribution >= 0.6 is 0 Å². The number of ether oxygens (including phenoxy) is 1. The van der Waals surface area contributed by atoms with Gasteiger partial charge in [-0.15, -0.1) is 0 Å². The predicted molar refractivity (Wildman–Crippen MR) is 99.3 cm³/mol. The molecule has 3 rings (SSSR count). The maximum atomic E-state index is 12.7. The van der Waals surface area contributed by atoms with Gasteiger partial charge in [0.15, 0.2) is 6.61 Å². The second-order valence-corrected chi connectivity index (χ2v) is 6.73. The minimum Gasteiger partial charge on any atom is -0.484 e. The van der Waals surface area contributed by atoms with Crippen LogP contribution in [0, 0.1) is 6.92 Å². The van der Waals surface area contributed by atoms with Gasteiger partial charge in [-0.3, -0.25) is 4.79 Å². The fourth-order valence-corrected chi connectivity index (χ4v) is 3.08. The Morgan fingerprint density at radius 1 is 1.14 bits per heavy atom. The molecule has 1 aromatic carbocycles. The van der Waals surface area contributed by atoms with E-state index in [-0.39, 0.29) is 12.5 Å². The van der Waals surface area contributed by atoms with E-state index >= 15 is 0 Å². The van der Waals surface area contributed by atoms with Crippen molar-refractivity contribution in [3.8, 4) is 5.75 Å². The van der Waals surface area contributed by atoms with E-state index in [2.05, 4.69) is 4.98 Å². The van der Waals surface area contributed by atoms with Gasteiger partial charge in [0.2, 0.25) is 0 Å². The first kappa shape index (κ1) is 20.0. The lowest BCUT2D eigenvalue weighted by Gasteiger charge is -2.23. The molecule has 5 nitrogen and oxygen atoms in total. The summed E-state index contributed by atoms with van der Waals surface area (Å²) < 4.78 is 43.6. The molecule has 1 aliphatic rings. The van der Waals surface area contributed by atoms with Gasteiger partial charge in [0.1, 0.15) is 11.6 Å². The van der Waals surface area contributed by atoms with E-state index < -0.39 is 11.7 Å². The van der Waals surface area contributed by atoms with E-state index in [9.17, 15) is 18.0 Å². The lowest BCUT2D eigenvalue weighted by atomic mass is 10.2. The zero-order chi connectivity index (χ0) is 20.1. The number of aryl methyl sites for hydroxylation is 1. The maximum Gasteiger partial charge on any atom is 0.417 e. The molecule has 0 saturated carbocycles. The van der Waals surface area contributed by atoms with Crippen molar-refractivity contribution in [3.05, 3.63) is 53.7 Å². The highest BCUT2D eigenvalue weighted by Gasteiger charge is 2.31. The second-order valence-electron chi connectivity index (χ2n) is 6.73. The van der Waals surface area contributed by atoms with Gasteiger partial charge in [-0.1, -0.05) is 12.1 Å². The lowest BCUT2D eigenvalue weighted by Crippen LogP contribution is -2.38. The summed E-state index contributed by atoms with van der Waals surface area (Å²) in [5.74, 6) is 1.03. The number of hydrogen-bond acceptors (Lipinski definition) is 4. The number of alkyl halides is 3. The molecule has 0 atom stereocenters. The summed E-state index contributed by atoms with van der Waals surface area (Å²) in [6.45, 7) is 4.09. The number of benzene rings is 1. The largest absolute Gasteiger partial charge is 0.484 e. The third-order valence-electron chi connectivity index (χ3n) is 4.60. The molecule has 0 N–H and O–H groups in total. The van der Waals surface area contributed by atoms with E-state index in [4.69, 9.17) is 4.74 Å². The van der Waals surface area contributed by atoms with Gasteiger partial charge in [-0.2, -0.15) is 13.2 Å². The standard InChI is InChI=1S/C20H22F3N3O2/c1-15-4-2-5-17(12-15)28-14-19(27)26-9-3-8-25(10-11-26)18-7-6-16(13-24-18)20(21,22)23/h2,4-7,12-13H,3,8-11,14H2,1H3. The van der Waals surface area contributed by atoms with E-state index in [1.807, 2.05) is 30.0 Å². The Kier molecular flexibility index (Phi) is 6.06. The second kappa shape index (κ2) is 8.50. The molecule has 0 bridgehead atoms. The quantitative estimate of drug-likeness (QED) is 0.797. The van der Waals surface area contributed by atoms with Gasteiger partial charge < -0.3 is 14.5 Å². The third-order valence-corrected chi connectivity index (χ3v) is 4.60. The summed E-state index contributed by atoms with van der Waals surface area (Å²) in [6.07, 6.45) is -2.84. The first-order chi connectivity index (χ1) is 13.3. The molecule has 0 aliphatic carbocycles. The maximum absolute atomic E-state index is 12.7. The molecule has 28 heavy (non-hydrogen) atoms. The first-order valence-corrected chi connectivity index (χ1v) is 9.08. The number of hydrogen-bond donors (Lipinski definition) is 0. The van der Waals surface area contributed by atoms with Gasteiger partial charge in [-0.25, -0.2) is 4.98 Å². The summed E-state index contributed by atoms with van der Waals surface area (Å²) in [7, 11) is 0. The minimum atomic E-state index is -4.40. The van der Waals surface area contributed by atoms with Crippen molar-refractivity contribution < 1.29 is 22.7 Å². The highest BCUT2D eigenvalue weighted by Crippen LogP contribution is 2.29. The Balaban J connectivity index is 1.54. The minimum absolute atomic E-state index is 0.0397. The number of pyridine rings is 1. The van der Waals surface area contributed by atoms with E-state index in [0.717, 1.165) is 17.8 Å². The molecule has 0 unspecified atom stereocenters. The van der Waals surface area contributed by atoms with Gasteiger partial charge in [0, 0.05) is 32.4 Å². The molecule has 1 saturated heterocycles. The Labute approximate surface area is 161 Å². The highest BCUT2D eigenvalue weighted by atomic mass is 19.4. The number of aromatic nitrogens is 1. The molecule has 1 aliphatic heterocycles. The van der Waals surface area contributed by atoms with Crippen molar-refractivity contribution >= 4 is 11.7 Å². The Hall–Kier alpha value is -2.77. The van der Waals surface area contributed by atoms with Crippen molar-refractivity contribution in [2.24, 2.45) is 0 Å². The number of amides is 1. The van der Waals surface area contributed by atoms with Gasteiger partial charge in [-0.05, 0) is 43.2 Å². The van der Waals surface area contributed by atoms with Gasteiger partial charge in [0.25, 0.3) is 5.91 Å². The number of nitrogens with zero attached hydrogens (tertiary/aromatic N) is 3. The normalized spacial score (nSPS) is 15.3. The first-order valence-electron chi connectivity index (χ1n) is 9.08. The number of anilines is 1. The van der Waals surface area contributed by atoms with Gasteiger partial charge in [0.05, 0.1) is 5.56 Å². The fourth-order valence-electron chi connectivity index (χ4n) is 3.08. The lowest BCUT2D eigenvalue weighted by molar-refractivity contribution is -0.137. The molecule has 0 spiro atoms. The topological polar surface area (TPSA) is 45.7 Å². The van der Waals surface area contributed by atoms with Gasteiger partial charge >= 0.3 is 6.18 Å². The van der Waals surface area contributed by atoms with Crippen LogP contribution in [0.2, 0.25) is 0 Å². The molecule has 2 heterocycles. The average Bonchev–Trinajstić information content (AvgIpc) is 2.92. The van der Waals surface area contributed by atoms with Crippen molar-refractivity contribution in [1.29, 1.82) is 0 Å². The van der Waals surface area contributed by atoms with Crippen LogP contribution in [0.3, 0.4) is 0 Å². The van der Waals surface area contributed by atoms with E-state index in [0.29, 0.717) is 44.2 Å². The fraction of sp³-hybridized carbons (Fsp3) is 0.400.